The van der Waals surface area contributed by atoms with Gasteiger partial charge in [0.25, 0.3) is 17.4 Å². The third-order valence-corrected chi connectivity index (χ3v) is 12.5. The van der Waals surface area contributed by atoms with E-state index in [-0.39, 0.29) is 41.0 Å². The Hall–Kier alpha value is -5.60. The van der Waals surface area contributed by atoms with Crippen LogP contribution in [0.1, 0.15) is 84.6 Å². The Balaban J connectivity index is 0.867. The minimum atomic E-state index is -0.989. The summed E-state index contributed by atoms with van der Waals surface area (Å²) < 4.78 is 19.7. The number of pyridine rings is 1. The van der Waals surface area contributed by atoms with Gasteiger partial charge in [0.1, 0.15) is 23.3 Å². The zero-order valence-corrected chi connectivity index (χ0v) is 34.7. The first-order valence-electron chi connectivity index (χ1n) is 20.4. The number of nitrogens with zero attached hydrogens (tertiary/aromatic N) is 5. The number of rotatable bonds is 14. The van der Waals surface area contributed by atoms with Gasteiger partial charge in [0, 0.05) is 38.0 Å². The number of piperidine rings is 2. The van der Waals surface area contributed by atoms with E-state index in [1.807, 2.05) is 31.3 Å². The van der Waals surface area contributed by atoms with E-state index in [2.05, 4.69) is 33.9 Å². The SMILES string of the molecule is C=N/C=c1/c(=O)n(C)cc(-c2cc(OC)c(CN(C)CCCCN3CCC4(CC3)CC(Oc3ccc5c(c3)C(=O)N(C3CCC(=O)NC3=O)C5=O)C4)c(OC)c2)/c1=C/C. The molecule has 1 N–H and O–H groups in total. The van der Waals surface area contributed by atoms with Crippen molar-refractivity contribution < 1.29 is 33.4 Å². The summed E-state index contributed by atoms with van der Waals surface area (Å²) in [7, 11) is 7.17. The van der Waals surface area contributed by atoms with Gasteiger partial charge in [-0.1, -0.05) is 6.08 Å². The van der Waals surface area contributed by atoms with Gasteiger partial charge in [-0.05, 0) is 138 Å². The fourth-order valence-corrected chi connectivity index (χ4v) is 9.26. The molecule has 14 heteroatoms. The number of unbranched alkanes of at least 4 members (excludes halogenated alkanes) is 1. The summed E-state index contributed by atoms with van der Waals surface area (Å²) in [4.78, 5) is 72.9. The molecule has 0 bridgehead atoms. The molecule has 1 aliphatic carbocycles. The Labute approximate surface area is 344 Å². The van der Waals surface area contributed by atoms with E-state index in [9.17, 15) is 24.0 Å². The summed E-state index contributed by atoms with van der Waals surface area (Å²) in [5.41, 5.74) is 3.32. The Morgan fingerprint density at radius 2 is 1.64 bits per heavy atom. The van der Waals surface area contributed by atoms with Crippen LogP contribution in [0.3, 0.4) is 0 Å². The molecule has 1 aromatic heterocycles. The van der Waals surface area contributed by atoms with E-state index >= 15 is 0 Å². The number of fused-ring (bicyclic) bond motifs is 1. The summed E-state index contributed by atoms with van der Waals surface area (Å²) >= 11 is 0. The van der Waals surface area contributed by atoms with Gasteiger partial charge in [0.2, 0.25) is 11.8 Å². The molecular formula is C45H54N6O8. The highest BCUT2D eigenvalue weighted by Crippen LogP contribution is 2.50. The fraction of sp³-hybridized carbons (Fsp3) is 0.467. The van der Waals surface area contributed by atoms with Crippen molar-refractivity contribution in [2.45, 2.75) is 77.0 Å². The number of aliphatic imine (C=N–C) groups is 1. The molecule has 2 saturated heterocycles. The van der Waals surface area contributed by atoms with Crippen LogP contribution in [0.25, 0.3) is 23.4 Å². The quantitative estimate of drug-likeness (QED) is 0.146. The molecule has 1 unspecified atom stereocenters. The number of carbonyl (C=O) groups is 4. The lowest BCUT2D eigenvalue weighted by molar-refractivity contribution is -0.136. The fourth-order valence-electron chi connectivity index (χ4n) is 9.26. The zero-order chi connectivity index (χ0) is 42.0. The first-order valence-corrected chi connectivity index (χ1v) is 20.4. The van der Waals surface area contributed by atoms with E-state index in [0.717, 1.165) is 103 Å². The second-order valence-electron chi connectivity index (χ2n) is 16.3. The molecule has 0 radical (unpaired) electrons. The Morgan fingerprint density at radius 1 is 0.949 bits per heavy atom. The summed E-state index contributed by atoms with van der Waals surface area (Å²) in [5, 5.41) is 3.49. The van der Waals surface area contributed by atoms with Crippen LogP contribution in [0.4, 0.5) is 0 Å². The standard InChI is InChI=1S/C45H54N6O8/c1-7-31-34(25-46-2)42(54)49(4)27-35(31)28-20-38(57-5)36(39(21-28)58-6)26-48(3)16-8-9-17-50-18-14-45(15-19-50)23-30(24-45)59-29-10-11-32-33(22-29)44(56)51(43(32)55)37-12-13-40(52)47-41(37)53/h7,10-11,20-22,25,27,30,37H,2,8-9,12-19,23-24,26H2,1,3-6H3,(H,47,52,53)/b31-7+,34-25+. The molecule has 312 valence electrons. The molecule has 1 spiro atoms. The third-order valence-electron chi connectivity index (χ3n) is 12.5. The smallest absolute Gasteiger partial charge is 0.262 e. The second kappa shape index (κ2) is 17.3. The van der Waals surface area contributed by atoms with Crippen LogP contribution in [0, 0.1) is 5.41 Å². The molecule has 4 aliphatic rings. The normalized spacial score (nSPS) is 20.0. The van der Waals surface area contributed by atoms with E-state index in [1.165, 1.54) is 6.20 Å². The average molecular weight is 807 g/mol. The first-order chi connectivity index (χ1) is 28.4. The number of methoxy groups -OCH3 is 2. The van der Waals surface area contributed by atoms with Crippen molar-refractivity contribution in [2.24, 2.45) is 17.5 Å². The Morgan fingerprint density at radius 3 is 2.29 bits per heavy atom. The van der Waals surface area contributed by atoms with E-state index in [0.29, 0.717) is 17.5 Å². The topological polar surface area (TPSA) is 152 Å². The van der Waals surface area contributed by atoms with Gasteiger partial charge >= 0.3 is 0 Å². The van der Waals surface area contributed by atoms with Gasteiger partial charge in [0.05, 0.1) is 42.2 Å². The summed E-state index contributed by atoms with van der Waals surface area (Å²) in [6, 6.07) is 7.95. The summed E-state index contributed by atoms with van der Waals surface area (Å²) in [6.45, 7) is 10.2. The number of nitrogens with one attached hydrogen (secondary N) is 1. The number of imide groups is 2. The monoisotopic (exact) mass is 806 g/mol. The maximum absolute atomic E-state index is 13.2. The number of aryl methyl sites for hydroxylation is 1. The van der Waals surface area contributed by atoms with Gasteiger partial charge in [-0.15, -0.1) is 0 Å². The van der Waals surface area contributed by atoms with Gasteiger partial charge in [0.15, 0.2) is 0 Å². The first kappa shape index (κ1) is 41.6. The van der Waals surface area contributed by atoms with Crippen LogP contribution in [0.2, 0.25) is 0 Å². The van der Waals surface area contributed by atoms with E-state index in [1.54, 1.807) is 44.0 Å². The van der Waals surface area contributed by atoms with Crippen molar-refractivity contribution in [1.29, 1.82) is 0 Å². The molecule has 59 heavy (non-hydrogen) atoms. The molecule has 14 nitrogen and oxygen atoms in total. The molecule has 2 aromatic carbocycles. The maximum Gasteiger partial charge on any atom is 0.262 e. The van der Waals surface area contributed by atoms with Crippen LogP contribution in [0.15, 0.2) is 46.3 Å². The lowest BCUT2D eigenvalue weighted by Gasteiger charge is -2.51. The number of amides is 4. The van der Waals surface area contributed by atoms with Crippen LogP contribution >= 0.6 is 0 Å². The second-order valence-corrected chi connectivity index (χ2v) is 16.3. The lowest BCUT2D eigenvalue weighted by Crippen LogP contribution is -2.54. The molecule has 1 saturated carbocycles. The molecular weight excluding hydrogens is 753 g/mol. The predicted octanol–water partition coefficient (Wildman–Crippen LogP) is 3.25. The van der Waals surface area contributed by atoms with Crippen LogP contribution in [-0.4, -0.2) is 109 Å². The Kier molecular flexibility index (Phi) is 12.2. The van der Waals surface area contributed by atoms with Crippen LogP contribution in [-0.2, 0) is 23.2 Å². The van der Waals surface area contributed by atoms with Crippen LogP contribution in [0.5, 0.6) is 17.2 Å². The summed E-state index contributed by atoms with van der Waals surface area (Å²) in [6.07, 6.45) is 11.8. The number of aromatic nitrogens is 1. The van der Waals surface area contributed by atoms with Gasteiger partial charge in [-0.3, -0.25) is 39.2 Å². The highest BCUT2D eigenvalue weighted by atomic mass is 16.5. The Bertz CT molecular complexity index is 2330. The number of benzene rings is 2. The van der Waals surface area contributed by atoms with E-state index < -0.39 is 29.7 Å². The molecule has 3 fully saturated rings. The number of hydrogen-bond acceptors (Lipinski definition) is 11. The van der Waals surface area contributed by atoms with Crippen molar-refractivity contribution in [2.75, 3.05) is 47.4 Å². The highest BCUT2D eigenvalue weighted by Gasteiger charge is 2.48. The zero-order valence-electron chi connectivity index (χ0n) is 34.7. The van der Waals surface area contributed by atoms with Crippen molar-refractivity contribution in [3.8, 4) is 28.4 Å². The molecule has 4 amide bonds. The number of carbonyl (C=O) groups excluding carboxylic acids is 4. The van der Waals surface area contributed by atoms with Gasteiger partial charge < -0.3 is 28.6 Å². The molecule has 3 aliphatic heterocycles. The molecule has 1 atom stereocenters. The predicted molar refractivity (Wildman–Crippen MR) is 224 cm³/mol. The minimum absolute atomic E-state index is 0.0503. The average Bonchev–Trinajstić information content (AvgIpc) is 3.45. The minimum Gasteiger partial charge on any atom is -0.496 e. The van der Waals surface area contributed by atoms with Crippen molar-refractivity contribution >= 4 is 42.6 Å². The largest absolute Gasteiger partial charge is 0.496 e. The number of likely N-dealkylation sites (tertiary alicyclic amines) is 1. The van der Waals surface area contributed by atoms with E-state index in [4.69, 9.17) is 14.2 Å². The van der Waals surface area contributed by atoms with Crippen molar-refractivity contribution in [3.63, 3.8) is 0 Å². The number of hydrogen-bond donors (Lipinski definition) is 1. The van der Waals surface area contributed by atoms with Gasteiger partial charge in [-0.2, -0.15) is 0 Å². The lowest BCUT2D eigenvalue weighted by atomic mass is 9.61. The molecule has 3 aromatic rings. The van der Waals surface area contributed by atoms with Crippen molar-refractivity contribution in [3.05, 3.63) is 74.0 Å². The maximum atomic E-state index is 13.2. The van der Waals surface area contributed by atoms with Crippen molar-refractivity contribution in [1.82, 2.24) is 24.6 Å². The molecule has 7 rings (SSSR count). The molecule has 4 heterocycles. The highest BCUT2D eigenvalue weighted by molar-refractivity contribution is 6.23. The van der Waals surface area contributed by atoms with Crippen LogP contribution < -0.4 is 35.5 Å². The summed E-state index contributed by atoms with van der Waals surface area (Å²) in [5.74, 6) is -0.0767. The third kappa shape index (κ3) is 8.33. The van der Waals surface area contributed by atoms with Gasteiger partial charge in [-0.25, -0.2) is 0 Å². The number of ether oxygens (including phenoxy) is 3.